The van der Waals surface area contributed by atoms with Crippen LogP contribution in [0.1, 0.15) is 6.92 Å². The van der Waals surface area contributed by atoms with Crippen molar-refractivity contribution in [2.24, 2.45) is 0 Å². The molecule has 0 fully saturated rings. The fourth-order valence-corrected chi connectivity index (χ4v) is 1.81. The molecular formula is C15H11ClF3NO4. The number of hydrogen-bond acceptors (Lipinski definition) is 5. The number of rotatable bonds is 5. The molecule has 1 unspecified atom stereocenters. The van der Waals surface area contributed by atoms with Crippen LogP contribution in [0, 0.1) is 17.5 Å². The van der Waals surface area contributed by atoms with Gasteiger partial charge in [0.1, 0.15) is 11.5 Å². The Hall–Kier alpha value is -2.48. The first-order valence-electron chi connectivity index (χ1n) is 6.56. The Labute approximate surface area is 139 Å². The Kier molecular flexibility index (Phi) is 5.50. The topological polar surface area (TPSA) is 57.7 Å². The Balaban J connectivity index is 2.14. The highest BCUT2D eigenvalue weighted by Gasteiger charge is 2.21. The number of pyridine rings is 1. The molecule has 0 amide bonds. The molecule has 128 valence electrons. The Morgan fingerprint density at radius 1 is 1.08 bits per heavy atom. The van der Waals surface area contributed by atoms with Crippen molar-refractivity contribution in [1.82, 2.24) is 4.98 Å². The number of methoxy groups -OCH3 is 1. The highest BCUT2D eigenvalue weighted by Crippen LogP contribution is 2.29. The smallest absolute Gasteiger partial charge is 0.346 e. The largest absolute Gasteiger partial charge is 0.479 e. The van der Waals surface area contributed by atoms with Gasteiger partial charge >= 0.3 is 5.97 Å². The van der Waals surface area contributed by atoms with Gasteiger partial charge in [-0.25, -0.2) is 13.6 Å². The molecule has 1 heterocycles. The van der Waals surface area contributed by atoms with Crippen molar-refractivity contribution in [3.8, 4) is 17.4 Å². The number of ether oxygens (including phenoxy) is 3. The predicted octanol–water partition coefficient (Wildman–Crippen LogP) is 3.88. The molecule has 9 heteroatoms. The molecule has 0 aliphatic carbocycles. The number of benzene rings is 1. The van der Waals surface area contributed by atoms with E-state index in [9.17, 15) is 18.0 Å². The molecule has 2 rings (SSSR count). The van der Waals surface area contributed by atoms with Crippen LogP contribution in [0.25, 0.3) is 0 Å². The normalized spacial score (nSPS) is 11.8. The summed E-state index contributed by atoms with van der Waals surface area (Å²) in [6.45, 7) is 1.50. The van der Waals surface area contributed by atoms with Crippen molar-refractivity contribution in [2.45, 2.75) is 13.0 Å². The van der Waals surface area contributed by atoms with Gasteiger partial charge in [0.25, 0.3) is 5.88 Å². The third kappa shape index (κ3) is 3.88. The summed E-state index contributed by atoms with van der Waals surface area (Å²) in [5, 5.41) is -0.851. The molecule has 2 aromatic rings. The minimum Gasteiger partial charge on any atom is -0.479 e. The number of nitrogens with zero attached hydrogens (tertiary/aromatic N) is 1. The van der Waals surface area contributed by atoms with E-state index in [2.05, 4.69) is 9.72 Å². The number of carbonyl (C=O) groups excluding carboxylic acids is 1. The average molecular weight is 362 g/mol. The molecule has 0 aliphatic rings. The van der Waals surface area contributed by atoms with Gasteiger partial charge < -0.3 is 14.2 Å². The quantitative estimate of drug-likeness (QED) is 0.597. The molecule has 1 aromatic heterocycles. The maximum absolute atomic E-state index is 13.6. The number of esters is 1. The molecule has 0 saturated carbocycles. The lowest BCUT2D eigenvalue weighted by molar-refractivity contribution is -0.147. The lowest BCUT2D eigenvalue weighted by atomic mass is 10.3. The van der Waals surface area contributed by atoms with E-state index in [4.69, 9.17) is 21.1 Å². The van der Waals surface area contributed by atoms with Crippen LogP contribution in [0.2, 0.25) is 5.15 Å². The second-order valence-electron chi connectivity index (χ2n) is 4.51. The minimum absolute atomic E-state index is 0.0709. The highest BCUT2D eigenvalue weighted by atomic mass is 35.5. The van der Waals surface area contributed by atoms with Crippen LogP contribution in [-0.4, -0.2) is 24.2 Å². The third-order valence-corrected chi connectivity index (χ3v) is 3.09. The van der Waals surface area contributed by atoms with E-state index < -0.39 is 40.6 Å². The first-order valence-corrected chi connectivity index (χ1v) is 6.93. The van der Waals surface area contributed by atoms with Gasteiger partial charge in [0.15, 0.2) is 17.1 Å². The van der Waals surface area contributed by atoms with Crippen LogP contribution < -0.4 is 9.47 Å². The van der Waals surface area contributed by atoms with E-state index in [1.807, 2.05) is 0 Å². The molecule has 1 aromatic carbocycles. The first kappa shape index (κ1) is 17.9. The number of aromatic nitrogens is 1. The van der Waals surface area contributed by atoms with Crippen LogP contribution in [0.3, 0.4) is 0 Å². The van der Waals surface area contributed by atoms with E-state index >= 15 is 0 Å². The van der Waals surface area contributed by atoms with Crippen molar-refractivity contribution in [1.29, 1.82) is 0 Å². The molecule has 5 nitrogen and oxygen atoms in total. The summed E-state index contributed by atoms with van der Waals surface area (Å²) in [6, 6.07) is 5.56. The van der Waals surface area contributed by atoms with Gasteiger partial charge in [-0.15, -0.1) is 0 Å². The van der Waals surface area contributed by atoms with E-state index in [0.29, 0.717) is 5.75 Å². The summed E-state index contributed by atoms with van der Waals surface area (Å²) < 4.78 is 54.7. The van der Waals surface area contributed by atoms with Crippen LogP contribution in [0.4, 0.5) is 13.2 Å². The Morgan fingerprint density at radius 2 is 1.67 bits per heavy atom. The molecule has 0 radical (unpaired) electrons. The highest BCUT2D eigenvalue weighted by molar-refractivity contribution is 6.29. The zero-order chi connectivity index (χ0) is 17.9. The summed E-state index contributed by atoms with van der Waals surface area (Å²) in [7, 11) is 1.23. The summed E-state index contributed by atoms with van der Waals surface area (Å²) in [6.07, 6.45) is -0.828. The zero-order valence-corrected chi connectivity index (χ0v) is 13.2. The monoisotopic (exact) mass is 361 g/mol. The molecule has 0 spiro atoms. The second kappa shape index (κ2) is 7.39. The number of carbonyl (C=O) groups is 1. The van der Waals surface area contributed by atoms with Crippen LogP contribution in [0.15, 0.2) is 24.3 Å². The summed E-state index contributed by atoms with van der Waals surface area (Å²) in [4.78, 5) is 14.5. The summed E-state index contributed by atoms with van der Waals surface area (Å²) in [5.41, 5.74) is 0. The fourth-order valence-electron chi connectivity index (χ4n) is 1.65. The van der Waals surface area contributed by atoms with E-state index in [1.54, 1.807) is 0 Å². The van der Waals surface area contributed by atoms with Gasteiger partial charge in [-0.3, -0.25) is 0 Å². The second-order valence-corrected chi connectivity index (χ2v) is 4.86. The molecule has 0 aliphatic heterocycles. The van der Waals surface area contributed by atoms with Crippen LogP contribution >= 0.6 is 11.6 Å². The van der Waals surface area contributed by atoms with Crippen molar-refractivity contribution < 1.29 is 32.2 Å². The van der Waals surface area contributed by atoms with Crippen molar-refractivity contribution in [3.05, 3.63) is 46.9 Å². The zero-order valence-electron chi connectivity index (χ0n) is 12.5. The van der Waals surface area contributed by atoms with Gasteiger partial charge in [-0.1, -0.05) is 11.6 Å². The minimum atomic E-state index is -1.78. The maximum atomic E-state index is 13.6. The van der Waals surface area contributed by atoms with Gasteiger partial charge in [-0.2, -0.15) is 9.37 Å². The molecule has 0 N–H and O–H groups in total. The van der Waals surface area contributed by atoms with Crippen LogP contribution in [0.5, 0.6) is 17.4 Å². The van der Waals surface area contributed by atoms with E-state index in [1.165, 1.54) is 38.3 Å². The van der Waals surface area contributed by atoms with Crippen molar-refractivity contribution >= 4 is 17.6 Å². The lowest BCUT2D eigenvalue weighted by Crippen LogP contribution is -2.24. The molecule has 1 atom stereocenters. The SMILES string of the molecule is COC(=O)C(C)Oc1ccc(Oc2nc(Cl)c(F)c(F)c2F)cc1. The fraction of sp³-hybridized carbons (Fsp3) is 0.200. The van der Waals surface area contributed by atoms with Crippen LogP contribution in [-0.2, 0) is 9.53 Å². The third-order valence-electron chi connectivity index (χ3n) is 2.84. The van der Waals surface area contributed by atoms with E-state index in [-0.39, 0.29) is 5.75 Å². The number of hydrogen-bond donors (Lipinski definition) is 0. The molecule has 24 heavy (non-hydrogen) atoms. The maximum Gasteiger partial charge on any atom is 0.346 e. The van der Waals surface area contributed by atoms with Gasteiger partial charge in [0.2, 0.25) is 11.6 Å². The predicted molar refractivity (Wildman–Crippen MR) is 77.7 cm³/mol. The van der Waals surface area contributed by atoms with E-state index in [0.717, 1.165) is 0 Å². The van der Waals surface area contributed by atoms with Crippen molar-refractivity contribution in [3.63, 3.8) is 0 Å². The molecule has 0 saturated heterocycles. The van der Waals surface area contributed by atoms with Gasteiger partial charge in [-0.05, 0) is 31.2 Å². The van der Waals surface area contributed by atoms with Gasteiger partial charge in [0, 0.05) is 0 Å². The molecule has 0 bridgehead atoms. The first-order chi connectivity index (χ1) is 11.3. The Morgan fingerprint density at radius 3 is 2.25 bits per heavy atom. The van der Waals surface area contributed by atoms with Gasteiger partial charge in [0.05, 0.1) is 7.11 Å². The summed E-state index contributed by atoms with van der Waals surface area (Å²) in [5.74, 6) is -5.96. The number of halogens is 4. The lowest BCUT2D eigenvalue weighted by Gasteiger charge is -2.13. The Bertz CT molecular complexity index is 755. The summed E-state index contributed by atoms with van der Waals surface area (Å²) >= 11 is 5.35. The van der Waals surface area contributed by atoms with Crippen molar-refractivity contribution in [2.75, 3.05) is 7.11 Å². The standard InChI is InChI=1S/C15H11ClF3NO4/c1-7(15(21)22-2)23-8-3-5-9(6-4-8)24-14-12(19)10(17)11(18)13(16)20-14/h3-7H,1-2H3. The average Bonchev–Trinajstić information content (AvgIpc) is 2.58. The molecular weight excluding hydrogens is 351 g/mol.